The van der Waals surface area contributed by atoms with E-state index in [1.54, 1.807) is 7.11 Å². The first-order valence-corrected chi connectivity index (χ1v) is 3.46. The molecule has 0 radical (unpaired) electrons. The van der Waals surface area contributed by atoms with Crippen molar-refractivity contribution in [2.45, 2.75) is 12.8 Å². The van der Waals surface area contributed by atoms with Crippen molar-refractivity contribution in [3.63, 3.8) is 0 Å². The number of aromatic nitrogens is 2. The molecule has 0 aliphatic heterocycles. The van der Waals surface area contributed by atoms with Crippen LogP contribution < -0.4 is 0 Å². The van der Waals surface area contributed by atoms with Gasteiger partial charge in [0.25, 0.3) is 0 Å². The van der Waals surface area contributed by atoms with Crippen LogP contribution in [0, 0.1) is 0 Å². The van der Waals surface area contributed by atoms with Crippen molar-refractivity contribution in [3.05, 3.63) is 17.1 Å². The Hall–Kier alpha value is -1.32. The van der Waals surface area contributed by atoms with Gasteiger partial charge in [-0.1, -0.05) is 10.3 Å². The smallest absolute Gasteiger partial charge is 0.134 e. The van der Waals surface area contributed by atoms with Crippen molar-refractivity contribution in [2.75, 3.05) is 7.11 Å². The average Bonchev–Trinajstić information content (AvgIpc) is 2.50. The van der Waals surface area contributed by atoms with Crippen LogP contribution in [0.5, 0.6) is 0 Å². The summed E-state index contributed by atoms with van der Waals surface area (Å²) in [5, 5.41) is 7.45. The summed E-state index contributed by atoms with van der Waals surface area (Å²) in [5.41, 5.74) is 1.72. The largest absolute Gasteiger partial charge is 0.501 e. The molecule has 0 fully saturated rings. The van der Waals surface area contributed by atoms with E-state index in [9.17, 15) is 0 Å². The van der Waals surface area contributed by atoms with Gasteiger partial charge >= 0.3 is 0 Å². The number of nitrogens with zero attached hydrogens (tertiary/aromatic N) is 2. The van der Waals surface area contributed by atoms with E-state index in [-0.39, 0.29) is 0 Å². The van der Waals surface area contributed by atoms with Crippen LogP contribution in [0.25, 0.3) is 6.08 Å². The van der Waals surface area contributed by atoms with E-state index in [1.807, 2.05) is 6.08 Å². The van der Waals surface area contributed by atoms with E-state index in [4.69, 9.17) is 4.74 Å². The van der Waals surface area contributed by atoms with E-state index in [1.165, 1.54) is 0 Å². The van der Waals surface area contributed by atoms with E-state index < -0.39 is 0 Å². The number of hydrogen-bond donors (Lipinski definition) is 0. The van der Waals surface area contributed by atoms with Gasteiger partial charge in [0.1, 0.15) is 11.4 Å². The Labute approximate surface area is 63.8 Å². The maximum Gasteiger partial charge on any atom is 0.134 e. The van der Waals surface area contributed by atoms with Crippen LogP contribution in [0.4, 0.5) is 0 Å². The number of rotatable bonds is 1. The van der Waals surface area contributed by atoms with Gasteiger partial charge in [-0.15, -0.1) is 0 Å². The standard InChI is InChI=1S/C7H8N2O2/c1-10-5-2-3-6-7(4-5)9-11-8-6/h4H,2-3H2,1H3. The van der Waals surface area contributed by atoms with Gasteiger partial charge in [-0.25, -0.2) is 4.63 Å². The summed E-state index contributed by atoms with van der Waals surface area (Å²) >= 11 is 0. The molecule has 1 aliphatic carbocycles. The average molecular weight is 152 g/mol. The van der Waals surface area contributed by atoms with Crippen LogP contribution in [-0.4, -0.2) is 17.4 Å². The third kappa shape index (κ3) is 1.00. The minimum absolute atomic E-state index is 0.799. The lowest BCUT2D eigenvalue weighted by molar-refractivity contribution is 0.279. The minimum Gasteiger partial charge on any atom is -0.501 e. The molecule has 0 unspecified atom stereocenters. The monoisotopic (exact) mass is 152 g/mol. The van der Waals surface area contributed by atoms with Gasteiger partial charge in [0.15, 0.2) is 0 Å². The zero-order valence-corrected chi connectivity index (χ0v) is 6.20. The second kappa shape index (κ2) is 2.38. The van der Waals surface area contributed by atoms with E-state index in [2.05, 4.69) is 14.9 Å². The van der Waals surface area contributed by atoms with Crippen molar-refractivity contribution in [1.82, 2.24) is 10.3 Å². The van der Waals surface area contributed by atoms with Gasteiger partial charge in [0, 0.05) is 18.9 Å². The molecule has 0 amide bonds. The molecule has 4 heteroatoms. The first-order valence-electron chi connectivity index (χ1n) is 3.46. The maximum absolute atomic E-state index is 5.07. The number of aryl methyl sites for hydroxylation is 1. The Kier molecular flexibility index (Phi) is 1.38. The van der Waals surface area contributed by atoms with E-state index >= 15 is 0 Å². The predicted octanol–water partition coefficient (Wildman–Crippen LogP) is 1.00. The number of hydrogen-bond acceptors (Lipinski definition) is 4. The van der Waals surface area contributed by atoms with Gasteiger partial charge in [-0.3, -0.25) is 0 Å². The summed E-state index contributed by atoms with van der Waals surface area (Å²) in [4.78, 5) is 0. The summed E-state index contributed by atoms with van der Waals surface area (Å²) in [6.07, 6.45) is 3.60. The van der Waals surface area contributed by atoms with Crippen molar-refractivity contribution >= 4 is 6.08 Å². The molecule has 0 aromatic carbocycles. The third-order valence-corrected chi connectivity index (χ3v) is 1.75. The predicted molar refractivity (Wildman–Crippen MR) is 37.6 cm³/mol. The molecule has 1 aromatic rings. The topological polar surface area (TPSA) is 48.2 Å². The lowest BCUT2D eigenvalue weighted by Gasteiger charge is -2.07. The fourth-order valence-corrected chi connectivity index (χ4v) is 1.12. The molecule has 2 rings (SSSR count). The highest BCUT2D eigenvalue weighted by atomic mass is 16.6. The quantitative estimate of drug-likeness (QED) is 0.602. The van der Waals surface area contributed by atoms with Gasteiger partial charge in [-0.05, 0) is 0 Å². The molecule has 0 atom stereocenters. The number of fused-ring (bicyclic) bond motifs is 1. The van der Waals surface area contributed by atoms with Crippen molar-refractivity contribution in [3.8, 4) is 0 Å². The van der Waals surface area contributed by atoms with Crippen molar-refractivity contribution < 1.29 is 9.37 Å². The lowest BCUT2D eigenvalue weighted by Crippen LogP contribution is -1.99. The molecule has 0 bridgehead atoms. The second-order valence-corrected chi connectivity index (χ2v) is 2.41. The molecule has 1 aromatic heterocycles. The minimum atomic E-state index is 0.799. The van der Waals surface area contributed by atoms with Crippen molar-refractivity contribution in [2.24, 2.45) is 0 Å². The van der Waals surface area contributed by atoms with Crippen LogP contribution in [0.3, 0.4) is 0 Å². The first-order chi connectivity index (χ1) is 5.40. The Bertz CT molecular complexity index is 290. The molecule has 0 N–H and O–H groups in total. The van der Waals surface area contributed by atoms with Crippen LogP contribution in [0.2, 0.25) is 0 Å². The van der Waals surface area contributed by atoms with E-state index in [0.717, 1.165) is 30.0 Å². The molecular formula is C7H8N2O2. The molecule has 0 saturated heterocycles. The van der Waals surface area contributed by atoms with Gasteiger partial charge < -0.3 is 4.74 Å². The maximum atomic E-state index is 5.07. The SMILES string of the molecule is COC1=Cc2nonc2CC1. The fourth-order valence-electron chi connectivity index (χ4n) is 1.12. The Morgan fingerprint density at radius 1 is 1.45 bits per heavy atom. The van der Waals surface area contributed by atoms with Crippen LogP contribution in [0.15, 0.2) is 10.4 Å². The fraction of sp³-hybridized carbons (Fsp3) is 0.429. The first kappa shape index (κ1) is 6.39. The number of methoxy groups -OCH3 is 1. The van der Waals surface area contributed by atoms with Gasteiger partial charge in [-0.2, -0.15) is 0 Å². The molecule has 0 spiro atoms. The van der Waals surface area contributed by atoms with Crippen LogP contribution in [0.1, 0.15) is 17.8 Å². The summed E-state index contributed by atoms with van der Waals surface area (Å²) in [5.74, 6) is 0.938. The molecule has 11 heavy (non-hydrogen) atoms. The van der Waals surface area contributed by atoms with Gasteiger partial charge in [0.05, 0.1) is 12.9 Å². The lowest BCUT2D eigenvalue weighted by atomic mass is 10.1. The normalized spacial score (nSPS) is 15.5. The number of ether oxygens (including phenoxy) is 1. The molecule has 1 heterocycles. The zero-order chi connectivity index (χ0) is 7.68. The molecular weight excluding hydrogens is 144 g/mol. The molecule has 1 aliphatic rings. The molecule has 58 valence electrons. The second-order valence-electron chi connectivity index (χ2n) is 2.41. The Balaban J connectivity index is 2.37. The van der Waals surface area contributed by atoms with Crippen LogP contribution in [-0.2, 0) is 11.2 Å². The highest BCUT2D eigenvalue weighted by molar-refractivity contribution is 5.51. The molecule has 4 nitrogen and oxygen atoms in total. The summed E-state index contributed by atoms with van der Waals surface area (Å²) in [6.45, 7) is 0. The highest BCUT2D eigenvalue weighted by Crippen LogP contribution is 2.20. The van der Waals surface area contributed by atoms with E-state index in [0.29, 0.717) is 0 Å². The summed E-state index contributed by atoms with van der Waals surface area (Å²) < 4.78 is 9.63. The third-order valence-electron chi connectivity index (χ3n) is 1.75. The zero-order valence-electron chi connectivity index (χ0n) is 6.20. The Morgan fingerprint density at radius 3 is 3.18 bits per heavy atom. The molecule has 0 saturated carbocycles. The van der Waals surface area contributed by atoms with Crippen LogP contribution >= 0.6 is 0 Å². The number of allylic oxidation sites excluding steroid dienone is 1. The highest BCUT2D eigenvalue weighted by Gasteiger charge is 2.14. The van der Waals surface area contributed by atoms with Crippen molar-refractivity contribution in [1.29, 1.82) is 0 Å². The van der Waals surface area contributed by atoms with Gasteiger partial charge in [0.2, 0.25) is 0 Å². The summed E-state index contributed by atoms with van der Waals surface area (Å²) in [6, 6.07) is 0. The summed E-state index contributed by atoms with van der Waals surface area (Å²) in [7, 11) is 1.66. The Morgan fingerprint density at radius 2 is 2.36 bits per heavy atom.